The van der Waals surface area contributed by atoms with E-state index in [4.69, 9.17) is 18.0 Å². The largest absolute Gasteiger partial charge is 0.393 e. The molecule has 0 aromatic carbocycles. The zero-order chi connectivity index (χ0) is 12.1. The highest BCUT2D eigenvalue weighted by Crippen LogP contribution is 2.18. The number of nitrogens with one attached hydrogen (secondary N) is 1. The van der Waals surface area contributed by atoms with Gasteiger partial charge in [-0.3, -0.25) is 4.79 Å². The van der Waals surface area contributed by atoms with E-state index in [0.717, 1.165) is 6.42 Å². The lowest BCUT2D eigenvalue weighted by molar-refractivity contribution is -0.123. The minimum Gasteiger partial charge on any atom is -0.393 e. The Bertz CT molecular complexity index is 239. The molecule has 0 aliphatic heterocycles. The van der Waals surface area contributed by atoms with Crippen LogP contribution in [0.3, 0.4) is 0 Å². The second kappa shape index (κ2) is 6.05. The van der Waals surface area contributed by atoms with Crippen LogP contribution in [0.5, 0.6) is 0 Å². The van der Waals surface area contributed by atoms with Gasteiger partial charge in [0, 0.05) is 6.54 Å². The van der Waals surface area contributed by atoms with E-state index < -0.39 is 0 Å². The molecule has 0 saturated carbocycles. The van der Waals surface area contributed by atoms with Crippen molar-refractivity contribution in [3.8, 4) is 0 Å². The summed E-state index contributed by atoms with van der Waals surface area (Å²) in [6.07, 6.45) is 1.69. The number of rotatable bonds is 6. The van der Waals surface area contributed by atoms with E-state index in [1.165, 1.54) is 0 Å². The first kappa shape index (κ1) is 14.4. The molecule has 0 aromatic heterocycles. The van der Waals surface area contributed by atoms with E-state index in [9.17, 15) is 4.79 Å². The fraction of sp³-hybridized carbons (Fsp3) is 0.818. The van der Waals surface area contributed by atoms with E-state index in [0.29, 0.717) is 13.0 Å². The van der Waals surface area contributed by atoms with Gasteiger partial charge in [-0.2, -0.15) is 0 Å². The monoisotopic (exact) mass is 230 g/mol. The summed E-state index contributed by atoms with van der Waals surface area (Å²) in [5.74, 6) is -0.376. The van der Waals surface area contributed by atoms with Gasteiger partial charge in [0.2, 0.25) is 5.91 Å². The summed E-state index contributed by atoms with van der Waals surface area (Å²) in [6, 6.07) is 0. The maximum atomic E-state index is 11.7. The number of carbonyl (C=O) groups excluding carboxylic acids is 1. The zero-order valence-electron chi connectivity index (χ0n) is 10.1. The van der Waals surface area contributed by atoms with Crippen molar-refractivity contribution in [3.05, 3.63) is 0 Å². The predicted molar refractivity (Wildman–Crippen MR) is 67.6 cm³/mol. The molecule has 3 N–H and O–H groups in total. The van der Waals surface area contributed by atoms with Crippen molar-refractivity contribution in [2.75, 3.05) is 6.54 Å². The normalized spacial score (nSPS) is 13.3. The van der Waals surface area contributed by atoms with Gasteiger partial charge in [0.15, 0.2) is 0 Å². The molecule has 88 valence electrons. The Morgan fingerprint density at radius 2 is 2.00 bits per heavy atom. The molecule has 3 nitrogen and oxygen atoms in total. The third kappa shape index (κ3) is 5.11. The van der Waals surface area contributed by atoms with Crippen LogP contribution in [-0.4, -0.2) is 17.4 Å². The van der Waals surface area contributed by atoms with Crippen LogP contribution in [0.25, 0.3) is 0 Å². The molecular formula is C11H22N2OS. The van der Waals surface area contributed by atoms with E-state index >= 15 is 0 Å². The Balaban J connectivity index is 4.19. The molecule has 0 radical (unpaired) electrons. The van der Waals surface area contributed by atoms with Crippen LogP contribution in [0, 0.1) is 11.3 Å². The number of carbonyl (C=O) groups is 1. The second-order valence-electron chi connectivity index (χ2n) is 4.60. The van der Waals surface area contributed by atoms with Crippen molar-refractivity contribution in [3.63, 3.8) is 0 Å². The summed E-state index contributed by atoms with van der Waals surface area (Å²) < 4.78 is 0. The number of thiocarbonyl (C=S) groups is 1. The smallest absolute Gasteiger partial charge is 0.229 e. The van der Waals surface area contributed by atoms with Gasteiger partial charge in [-0.05, 0) is 18.3 Å². The van der Waals surface area contributed by atoms with E-state index in [1.54, 1.807) is 0 Å². The minimum absolute atomic E-state index is 0.0495. The van der Waals surface area contributed by atoms with Crippen molar-refractivity contribution in [1.82, 2.24) is 5.32 Å². The number of hydrogen-bond acceptors (Lipinski definition) is 2. The summed E-state index contributed by atoms with van der Waals surface area (Å²) in [6.45, 7) is 8.93. The van der Waals surface area contributed by atoms with Crippen LogP contribution in [0.1, 0.15) is 40.5 Å². The molecule has 0 fully saturated rings. The Morgan fingerprint density at radius 1 is 1.47 bits per heavy atom. The van der Waals surface area contributed by atoms with Gasteiger partial charge in [0.05, 0.1) is 10.9 Å². The first-order valence-electron chi connectivity index (χ1n) is 5.41. The fourth-order valence-corrected chi connectivity index (χ4v) is 1.36. The summed E-state index contributed by atoms with van der Waals surface area (Å²) in [4.78, 5) is 12.0. The maximum Gasteiger partial charge on any atom is 0.229 e. The van der Waals surface area contributed by atoms with Gasteiger partial charge < -0.3 is 11.1 Å². The van der Waals surface area contributed by atoms with Crippen molar-refractivity contribution in [2.24, 2.45) is 17.1 Å². The Morgan fingerprint density at radius 3 is 2.33 bits per heavy atom. The first-order valence-corrected chi connectivity index (χ1v) is 5.82. The average molecular weight is 230 g/mol. The van der Waals surface area contributed by atoms with E-state index in [1.807, 2.05) is 6.92 Å². The molecule has 1 amide bonds. The van der Waals surface area contributed by atoms with Crippen LogP contribution in [-0.2, 0) is 4.79 Å². The molecule has 15 heavy (non-hydrogen) atoms. The number of nitrogens with two attached hydrogens (primary N) is 1. The van der Waals surface area contributed by atoms with Crippen LogP contribution < -0.4 is 11.1 Å². The van der Waals surface area contributed by atoms with E-state index in [2.05, 4.69) is 26.1 Å². The highest BCUT2D eigenvalue weighted by molar-refractivity contribution is 7.80. The maximum absolute atomic E-state index is 11.7. The minimum atomic E-state index is -0.326. The summed E-state index contributed by atoms with van der Waals surface area (Å²) >= 11 is 4.85. The third-order valence-electron chi connectivity index (χ3n) is 2.77. The molecule has 0 rings (SSSR count). The van der Waals surface area contributed by atoms with Crippen LogP contribution >= 0.6 is 12.2 Å². The molecule has 4 heteroatoms. The second-order valence-corrected chi connectivity index (χ2v) is 5.07. The highest BCUT2D eigenvalue weighted by atomic mass is 32.1. The molecule has 1 atom stereocenters. The lowest BCUT2D eigenvalue weighted by Gasteiger charge is -2.24. The molecule has 0 saturated heterocycles. The standard InChI is InChI=1S/C11H22N2OS/c1-5-8(9(12)15)10(14)13-7-11(3,4)6-2/h8H,5-7H2,1-4H3,(H2,12,15)(H,13,14). The summed E-state index contributed by atoms with van der Waals surface area (Å²) in [5.41, 5.74) is 5.62. The molecule has 0 bridgehead atoms. The van der Waals surface area contributed by atoms with E-state index in [-0.39, 0.29) is 22.2 Å². The van der Waals surface area contributed by atoms with Gasteiger partial charge in [0.25, 0.3) is 0 Å². The van der Waals surface area contributed by atoms with Gasteiger partial charge in [-0.1, -0.05) is 39.9 Å². The number of hydrogen-bond donors (Lipinski definition) is 2. The highest BCUT2D eigenvalue weighted by Gasteiger charge is 2.22. The quantitative estimate of drug-likeness (QED) is 0.685. The van der Waals surface area contributed by atoms with Gasteiger partial charge in [-0.25, -0.2) is 0 Å². The molecular weight excluding hydrogens is 208 g/mol. The molecule has 0 aromatic rings. The predicted octanol–water partition coefficient (Wildman–Crippen LogP) is 1.85. The van der Waals surface area contributed by atoms with Gasteiger partial charge in [0.1, 0.15) is 0 Å². The molecule has 0 heterocycles. The van der Waals surface area contributed by atoms with Crippen LogP contribution in [0.2, 0.25) is 0 Å². The van der Waals surface area contributed by atoms with Crippen LogP contribution in [0.15, 0.2) is 0 Å². The van der Waals surface area contributed by atoms with Crippen molar-refractivity contribution in [1.29, 1.82) is 0 Å². The van der Waals surface area contributed by atoms with Gasteiger partial charge >= 0.3 is 0 Å². The van der Waals surface area contributed by atoms with Crippen molar-refractivity contribution in [2.45, 2.75) is 40.5 Å². The summed E-state index contributed by atoms with van der Waals surface area (Å²) in [5, 5.41) is 2.90. The molecule has 0 spiro atoms. The SMILES string of the molecule is CCC(C(=O)NCC(C)(C)CC)C(N)=S. The Hall–Kier alpha value is -0.640. The molecule has 0 aliphatic rings. The third-order valence-corrected chi connectivity index (χ3v) is 3.05. The van der Waals surface area contributed by atoms with Crippen molar-refractivity contribution >= 4 is 23.1 Å². The lowest BCUT2D eigenvalue weighted by atomic mass is 9.90. The molecule has 0 aliphatic carbocycles. The Kier molecular flexibility index (Phi) is 5.80. The van der Waals surface area contributed by atoms with Gasteiger partial charge in [-0.15, -0.1) is 0 Å². The molecule has 1 unspecified atom stereocenters. The Labute approximate surface area is 97.8 Å². The lowest BCUT2D eigenvalue weighted by Crippen LogP contribution is -2.41. The van der Waals surface area contributed by atoms with Crippen LogP contribution in [0.4, 0.5) is 0 Å². The topological polar surface area (TPSA) is 55.1 Å². The average Bonchev–Trinajstić information content (AvgIpc) is 2.15. The summed E-state index contributed by atoms with van der Waals surface area (Å²) in [7, 11) is 0. The van der Waals surface area contributed by atoms with Crippen molar-refractivity contribution < 1.29 is 4.79 Å². The zero-order valence-corrected chi connectivity index (χ0v) is 10.9. The first-order chi connectivity index (χ1) is 6.84. The number of amides is 1. The fourth-order valence-electron chi connectivity index (χ4n) is 1.09.